The normalized spacial score (nSPS) is 17.5. The Hall–Kier alpha value is -2.38. The third-order valence-electron chi connectivity index (χ3n) is 5.65. The predicted molar refractivity (Wildman–Crippen MR) is 117 cm³/mol. The number of ether oxygens (including phenoxy) is 1. The zero-order valence-electron chi connectivity index (χ0n) is 18.1. The summed E-state index contributed by atoms with van der Waals surface area (Å²) in [6.07, 6.45) is 1.38. The van der Waals surface area contributed by atoms with Gasteiger partial charge in [0.05, 0.1) is 17.9 Å². The molecule has 2 aromatic carbocycles. The Kier molecular flexibility index (Phi) is 6.83. The van der Waals surface area contributed by atoms with E-state index in [9.17, 15) is 13.2 Å². The number of aryl methyl sites for hydroxylation is 2. The lowest BCUT2D eigenvalue weighted by atomic mass is 9.98. The first kappa shape index (κ1) is 22.3. The molecule has 0 saturated carbocycles. The van der Waals surface area contributed by atoms with Crippen LogP contribution in [0.15, 0.2) is 47.4 Å². The topological polar surface area (TPSA) is 66.9 Å². The van der Waals surface area contributed by atoms with Gasteiger partial charge in [-0.05, 0) is 61.6 Å². The van der Waals surface area contributed by atoms with Crippen LogP contribution in [-0.4, -0.2) is 50.8 Å². The molecule has 162 valence electrons. The molecule has 0 bridgehead atoms. The number of hydrogen-bond donors (Lipinski definition) is 0. The number of methoxy groups -OCH3 is 1. The van der Waals surface area contributed by atoms with Crippen molar-refractivity contribution in [2.24, 2.45) is 5.92 Å². The molecule has 30 heavy (non-hydrogen) atoms. The highest BCUT2D eigenvalue weighted by atomic mass is 32.2. The fraction of sp³-hybridized carbons (Fsp3) is 0.435. The molecule has 1 fully saturated rings. The first-order valence-electron chi connectivity index (χ1n) is 10.2. The molecule has 0 aliphatic carbocycles. The Morgan fingerprint density at radius 3 is 2.53 bits per heavy atom. The molecule has 3 rings (SSSR count). The van der Waals surface area contributed by atoms with Gasteiger partial charge in [-0.25, -0.2) is 8.42 Å². The van der Waals surface area contributed by atoms with Crippen molar-refractivity contribution in [3.63, 3.8) is 0 Å². The third kappa shape index (κ3) is 4.84. The third-order valence-corrected chi connectivity index (χ3v) is 7.66. The van der Waals surface area contributed by atoms with Crippen LogP contribution in [0, 0.1) is 19.8 Å². The van der Waals surface area contributed by atoms with Crippen LogP contribution < -0.4 is 4.74 Å². The summed E-state index contributed by atoms with van der Waals surface area (Å²) in [4.78, 5) is 15.1. The van der Waals surface area contributed by atoms with E-state index in [0.29, 0.717) is 30.8 Å². The van der Waals surface area contributed by atoms with Gasteiger partial charge in [0.2, 0.25) is 15.9 Å². The molecule has 6 nitrogen and oxygen atoms in total. The first-order valence-corrected chi connectivity index (χ1v) is 11.6. The molecule has 1 aliphatic rings. The number of carbonyl (C=O) groups excluding carboxylic acids is 1. The van der Waals surface area contributed by atoms with E-state index in [0.717, 1.165) is 22.4 Å². The number of hydrogen-bond acceptors (Lipinski definition) is 4. The summed E-state index contributed by atoms with van der Waals surface area (Å²) in [5.74, 6) is 0.417. The average molecular weight is 431 g/mol. The predicted octanol–water partition coefficient (Wildman–Crippen LogP) is 3.37. The molecule has 1 heterocycles. The van der Waals surface area contributed by atoms with E-state index in [1.807, 2.05) is 50.2 Å². The second kappa shape index (κ2) is 9.18. The van der Waals surface area contributed by atoms with Gasteiger partial charge in [0.1, 0.15) is 5.75 Å². The molecular weight excluding hydrogens is 400 g/mol. The monoisotopic (exact) mass is 430 g/mol. The maximum Gasteiger partial charge on any atom is 0.243 e. The summed E-state index contributed by atoms with van der Waals surface area (Å²) in [6.45, 7) is 4.84. The SMILES string of the molecule is COc1ccc(CN(C)C(=O)[C@H]2CCCN(S(=O)(=O)c3cc(C)ccc3C)C2)cc1. The summed E-state index contributed by atoms with van der Waals surface area (Å²) < 4.78 is 33.1. The van der Waals surface area contributed by atoms with Crippen LogP contribution in [0.1, 0.15) is 29.5 Å². The van der Waals surface area contributed by atoms with Crippen LogP contribution in [0.25, 0.3) is 0 Å². The largest absolute Gasteiger partial charge is 0.497 e. The van der Waals surface area contributed by atoms with Crippen molar-refractivity contribution in [2.45, 2.75) is 38.1 Å². The van der Waals surface area contributed by atoms with E-state index in [1.54, 1.807) is 25.1 Å². The van der Waals surface area contributed by atoms with Gasteiger partial charge in [-0.1, -0.05) is 24.3 Å². The maximum absolute atomic E-state index is 13.2. The highest BCUT2D eigenvalue weighted by Crippen LogP contribution is 2.27. The zero-order valence-corrected chi connectivity index (χ0v) is 18.9. The fourth-order valence-electron chi connectivity index (χ4n) is 3.88. The molecule has 0 radical (unpaired) electrons. The summed E-state index contributed by atoms with van der Waals surface area (Å²) in [7, 11) is -0.240. The molecule has 1 saturated heterocycles. The molecule has 0 N–H and O–H groups in total. The maximum atomic E-state index is 13.2. The van der Waals surface area contributed by atoms with E-state index >= 15 is 0 Å². The van der Waals surface area contributed by atoms with Gasteiger partial charge in [0.15, 0.2) is 0 Å². The second-order valence-electron chi connectivity index (χ2n) is 8.01. The Labute approximate surface area is 179 Å². The second-order valence-corrected chi connectivity index (χ2v) is 9.92. The number of rotatable bonds is 6. The van der Waals surface area contributed by atoms with Crippen molar-refractivity contribution in [3.8, 4) is 5.75 Å². The van der Waals surface area contributed by atoms with E-state index < -0.39 is 10.0 Å². The van der Waals surface area contributed by atoms with E-state index in [-0.39, 0.29) is 18.4 Å². The molecule has 7 heteroatoms. The van der Waals surface area contributed by atoms with Crippen molar-refractivity contribution in [1.82, 2.24) is 9.21 Å². The lowest BCUT2D eigenvalue weighted by Gasteiger charge is -2.33. The zero-order chi connectivity index (χ0) is 21.9. The van der Waals surface area contributed by atoms with Crippen LogP contribution in [0.5, 0.6) is 5.75 Å². The smallest absolute Gasteiger partial charge is 0.243 e. The molecule has 0 aromatic heterocycles. The Morgan fingerprint density at radius 2 is 1.87 bits per heavy atom. The number of sulfonamides is 1. The first-order chi connectivity index (χ1) is 14.2. The standard InChI is InChI=1S/C23H30N2O4S/c1-17-7-8-18(2)22(14-17)30(27,28)25-13-5-6-20(16-25)23(26)24(3)15-19-9-11-21(29-4)12-10-19/h7-12,14,20H,5-6,13,15-16H2,1-4H3/t20-/m0/s1. The van der Waals surface area contributed by atoms with Gasteiger partial charge in [-0.2, -0.15) is 4.31 Å². The minimum absolute atomic E-state index is 0.0216. The number of carbonyl (C=O) groups is 1. The van der Waals surface area contributed by atoms with Crippen molar-refractivity contribution >= 4 is 15.9 Å². The van der Waals surface area contributed by atoms with Gasteiger partial charge in [0, 0.05) is 26.7 Å². The molecule has 1 aliphatic heterocycles. The molecule has 1 amide bonds. The van der Waals surface area contributed by atoms with E-state index in [1.165, 1.54) is 4.31 Å². The van der Waals surface area contributed by atoms with Crippen LogP contribution in [0.3, 0.4) is 0 Å². The summed E-state index contributed by atoms with van der Waals surface area (Å²) in [6, 6.07) is 13.1. The van der Waals surface area contributed by atoms with E-state index in [2.05, 4.69) is 0 Å². The highest BCUT2D eigenvalue weighted by Gasteiger charge is 2.35. The molecule has 1 atom stereocenters. The van der Waals surface area contributed by atoms with Gasteiger partial charge >= 0.3 is 0 Å². The van der Waals surface area contributed by atoms with Crippen LogP contribution in [0.2, 0.25) is 0 Å². The van der Waals surface area contributed by atoms with Gasteiger partial charge in [-0.15, -0.1) is 0 Å². The summed E-state index contributed by atoms with van der Waals surface area (Å²) in [5, 5.41) is 0. The van der Waals surface area contributed by atoms with Crippen molar-refractivity contribution in [1.29, 1.82) is 0 Å². The number of benzene rings is 2. The average Bonchev–Trinajstić information content (AvgIpc) is 2.75. The molecular formula is C23H30N2O4S. The van der Waals surface area contributed by atoms with Gasteiger partial charge < -0.3 is 9.64 Å². The molecule has 0 unspecified atom stereocenters. The van der Waals surface area contributed by atoms with Gasteiger partial charge in [-0.3, -0.25) is 4.79 Å². The number of amides is 1. The fourth-order valence-corrected chi connectivity index (χ4v) is 5.71. The van der Waals surface area contributed by atoms with Crippen LogP contribution in [-0.2, 0) is 21.4 Å². The quantitative estimate of drug-likeness (QED) is 0.705. The highest BCUT2D eigenvalue weighted by molar-refractivity contribution is 7.89. The van der Waals surface area contributed by atoms with Gasteiger partial charge in [0.25, 0.3) is 0 Å². The molecule has 0 spiro atoms. The Balaban J connectivity index is 1.71. The lowest BCUT2D eigenvalue weighted by Crippen LogP contribution is -2.45. The van der Waals surface area contributed by atoms with E-state index in [4.69, 9.17) is 4.74 Å². The minimum atomic E-state index is -3.63. The van der Waals surface area contributed by atoms with Crippen molar-refractivity contribution < 1.29 is 17.9 Å². The van der Waals surface area contributed by atoms with Crippen LogP contribution >= 0.6 is 0 Å². The minimum Gasteiger partial charge on any atom is -0.497 e. The number of nitrogens with zero attached hydrogens (tertiary/aromatic N) is 2. The van der Waals surface area contributed by atoms with Crippen molar-refractivity contribution in [3.05, 3.63) is 59.2 Å². The summed E-state index contributed by atoms with van der Waals surface area (Å²) in [5.41, 5.74) is 2.64. The summed E-state index contributed by atoms with van der Waals surface area (Å²) >= 11 is 0. The Bertz CT molecular complexity index is 1000. The van der Waals surface area contributed by atoms with Crippen molar-refractivity contribution in [2.75, 3.05) is 27.2 Å². The lowest BCUT2D eigenvalue weighted by molar-refractivity contribution is -0.135. The van der Waals surface area contributed by atoms with Crippen LogP contribution in [0.4, 0.5) is 0 Å². The number of piperidine rings is 1. The molecule has 2 aromatic rings. The Morgan fingerprint density at radius 1 is 1.17 bits per heavy atom.